The van der Waals surface area contributed by atoms with Crippen LogP contribution in [-0.4, -0.2) is 24.3 Å². The van der Waals surface area contributed by atoms with Crippen LogP contribution in [0.2, 0.25) is 0 Å². The summed E-state index contributed by atoms with van der Waals surface area (Å²) < 4.78 is 5.05. The molecule has 96 valence electrons. The van der Waals surface area contributed by atoms with Crippen LogP contribution in [0.25, 0.3) is 11.4 Å². The summed E-state index contributed by atoms with van der Waals surface area (Å²) in [5, 5.41) is 4.08. The van der Waals surface area contributed by atoms with Crippen LogP contribution in [0.3, 0.4) is 0 Å². The van der Waals surface area contributed by atoms with Gasteiger partial charge in [-0.15, -0.1) is 0 Å². The average molecular weight is 365 g/mol. The molecule has 0 spiro atoms. The smallest absolute Gasteiger partial charge is 0.146 e. The maximum Gasteiger partial charge on any atom is 0.146 e. The molecule has 0 saturated heterocycles. The van der Waals surface area contributed by atoms with Crippen molar-refractivity contribution in [3.05, 3.63) is 52.4 Å². The van der Waals surface area contributed by atoms with E-state index in [0.29, 0.717) is 6.54 Å². The third-order valence-electron chi connectivity index (χ3n) is 2.92. The molecule has 0 aliphatic carbocycles. The summed E-state index contributed by atoms with van der Waals surface area (Å²) in [6.07, 6.45) is 5.34. The van der Waals surface area contributed by atoms with Gasteiger partial charge in [0.1, 0.15) is 18.0 Å². The van der Waals surface area contributed by atoms with Crippen LogP contribution in [0.5, 0.6) is 0 Å². The molecule has 1 aromatic carbocycles. The summed E-state index contributed by atoms with van der Waals surface area (Å²) in [7, 11) is 1.89. The van der Waals surface area contributed by atoms with Gasteiger partial charge in [-0.25, -0.2) is 9.97 Å². The number of hydrogen-bond acceptors (Lipinski definition) is 3. The van der Waals surface area contributed by atoms with E-state index in [9.17, 15) is 0 Å². The van der Waals surface area contributed by atoms with Gasteiger partial charge in [-0.3, -0.25) is 4.68 Å². The highest BCUT2D eigenvalue weighted by Gasteiger charge is 2.09. The van der Waals surface area contributed by atoms with Gasteiger partial charge in [0.15, 0.2) is 0 Å². The highest BCUT2D eigenvalue weighted by atomic mass is 127. The molecule has 6 heteroatoms. The van der Waals surface area contributed by atoms with E-state index in [1.54, 1.807) is 11.0 Å². The lowest BCUT2D eigenvalue weighted by Crippen LogP contribution is -2.07. The van der Waals surface area contributed by atoms with Crippen LogP contribution >= 0.6 is 22.6 Å². The first-order chi connectivity index (χ1) is 9.24. The van der Waals surface area contributed by atoms with Gasteiger partial charge < -0.3 is 4.57 Å². The quantitative estimate of drug-likeness (QED) is 0.670. The number of rotatable bonds is 3. The van der Waals surface area contributed by atoms with E-state index in [2.05, 4.69) is 60.4 Å². The maximum atomic E-state index is 4.44. The van der Waals surface area contributed by atoms with Gasteiger partial charge in [-0.05, 0) is 34.7 Å². The van der Waals surface area contributed by atoms with Crippen LogP contribution in [0.15, 0.2) is 43.0 Å². The van der Waals surface area contributed by atoms with E-state index in [-0.39, 0.29) is 0 Å². The molecule has 0 aliphatic rings. The number of imidazole rings is 1. The number of halogens is 1. The fourth-order valence-corrected chi connectivity index (χ4v) is 2.48. The monoisotopic (exact) mass is 365 g/mol. The molecule has 19 heavy (non-hydrogen) atoms. The Morgan fingerprint density at radius 3 is 2.89 bits per heavy atom. The van der Waals surface area contributed by atoms with Crippen molar-refractivity contribution in [2.45, 2.75) is 6.54 Å². The summed E-state index contributed by atoms with van der Waals surface area (Å²) in [6, 6.07) is 8.30. The predicted octanol–water partition coefficient (Wildman–Crippen LogP) is 2.33. The molecule has 3 aromatic rings. The molecule has 0 bridgehead atoms. The lowest BCUT2D eigenvalue weighted by atomic mass is 10.2. The van der Waals surface area contributed by atoms with E-state index in [1.807, 2.05) is 25.5 Å². The summed E-state index contributed by atoms with van der Waals surface area (Å²) in [5.74, 6) is 1.85. The Bertz CT molecular complexity index is 700. The van der Waals surface area contributed by atoms with Crippen molar-refractivity contribution in [1.82, 2.24) is 24.3 Å². The standard InChI is InChI=1S/C13H12IN5/c1-18-12(16-9-17-18)8-19-6-5-15-13(19)10-3-2-4-11(14)7-10/h2-7,9H,8H2,1H3. The lowest BCUT2D eigenvalue weighted by molar-refractivity contribution is 0.656. The Morgan fingerprint density at radius 1 is 1.26 bits per heavy atom. The summed E-state index contributed by atoms with van der Waals surface area (Å²) >= 11 is 2.31. The number of aryl methyl sites for hydroxylation is 1. The number of nitrogens with zero attached hydrogens (tertiary/aromatic N) is 5. The Balaban J connectivity index is 1.97. The number of hydrogen-bond donors (Lipinski definition) is 0. The fourth-order valence-electron chi connectivity index (χ4n) is 1.94. The van der Waals surface area contributed by atoms with Crippen molar-refractivity contribution in [3.63, 3.8) is 0 Å². The topological polar surface area (TPSA) is 48.5 Å². The molecule has 0 radical (unpaired) electrons. The molecule has 0 atom stereocenters. The van der Waals surface area contributed by atoms with Crippen molar-refractivity contribution in [3.8, 4) is 11.4 Å². The Hall–Kier alpha value is -1.70. The van der Waals surface area contributed by atoms with E-state index in [0.717, 1.165) is 17.2 Å². The summed E-state index contributed by atoms with van der Waals surface area (Å²) in [5.41, 5.74) is 1.11. The summed E-state index contributed by atoms with van der Waals surface area (Å²) in [6.45, 7) is 0.664. The summed E-state index contributed by atoms with van der Waals surface area (Å²) in [4.78, 5) is 8.68. The Morgan fingerprint density at radius 2 is 2.16 bits per heavy atom. The van der Waals surface area contributed by atoms with Crippen molar-refractivity contribution < 1.29 is 0 Å². The fraction of sp³-hybridized carbons (Fsp3) is 0.154. The lowest BCUT2D eigenvalue weighted by Gasteiger charge is -2.07. The second-order valence-corrected chi connectivity index (χ2v) is 5.43. The second kappa shape index (κ2) is 5.12. The van der Waals surface area contributed by atoms with E-state index < -0.39 is 0 Å². The molecule has 3 rings (SSSR count). The van der Waals surface area contributed by atoms with E-state index in [4.69, 9.17) is 0 Å². The van der Waals surface area contributed by atoms with E-state index in [1.165, 1.54) is 3.57 Å². The van der Waals surface area contributed by atoms with Crippen molar-refractivity contribution in [2.75, 3.05) is 0 Å². The number of aromatic nitrogens is 5. The molecular formula is C13H12IN5. The molecule has 0 N–H and O–H groups in total. The normalized spacial score (nSPS) is 10.8. The Kier molecular flexibility index (Phi) is 3.33. The SMILES string of the molecule is Cn1ncnc1Cn1ccnc1-c1cccc(I)c1. The van der Waals surface area contributed by atoms with E-state index >= 15 is 0 Å². The third-order valence-corrected chi connectivity index (χ3v) is 3.59. The van der Waals surface area contributed by atoms with Gasteiger partial charge in [-0.1, -0.05) is 12.1 Å². The average Bonchev–Trinajstić information content (AvgIpc) is 3.00. The van der Waals surface area contributed by atoms with Gasteiger partial charge in [-0.2, -0.15) is 5.10 Å². The maximum absolute atomic E-state index is 4.44. The minimum atomic E-state index is 0.664. The molecule has 2 aromatic heterocycles. The highest BCUT2D eigenvalue weighted by Crippen LogP contribution is 2.20. The van der Waals surface area contributed by atoms with Crippen LogP contribution in [0.1, 0.15) is 5.82 Å². The van der Waals surface area contributed by atoms with Gasteiger partial charge in [0, 0.05) is 28.6 Å². The Labute approximate surface area is 124 Å². The first-order valence-electron chi connectivity index (χ1n) is 5.84. The van der Waals surface area contributed by atoms with Gasteiger partial charge >= 0.3 is 0 Å². The van der Waals surface area contributed by atoms with Crippen molar-refractivity contribution >= 4 is 22.6 Å². The molecule has 0 amide bonds. The second-order valence-electron chi connectivity index (χ2n) is 4.19. The molecule has 0 unspecified atom stereocenters. The van der Waals surface area contributed by atoms with Crippen LogP contribution in [-0.2, 0) is 13.6 Å². The molecule has 2 heterocycles. The zero-order valence-corrected chi connectivity index (χ0v) is 12.5. The minimum absolute atomic E-state index is 0.664. The van der Waals surface area contributed by atoms with Gasteiger partial charge in [0.2, 0.25) is 0 Å². The number of benzene rings is 1. The first-order valence-corrected chi connectivity index (χ1v) is 6.92. The molecule has 0 aliphatic heterocycles. The first kappa shape index (κ1) is 12.3. The van der Waals surface area contributed by atoms with Crippen LogP contribution in [0.4, 0.5) is 0 Å². The highest BCUT2D eigenvalue weighted by molar-refractivity contribution is 14.1. The van der Waals surface area contributed by atoms with Crippen LogP contribution < -0.4 is 0 Å². The molecule has 0 saturated carbocycles. The van der Waals surface area contributed by atoms with Gasteiger partial charge in [0.25, 0.3) is 0 Å². The predicted molar refractivity (Wildman–Crippen MR) is 80.5 cm³/mol. The minimum Gasteiger partial charge on any atom is -0.323 e. The van der Waals surface area contributed by atoms with Crippen molar-refractivity contribution in [1.29, 1.82) is 0 Å². The zero-order chi connectivity index (χ0) is 13.2. The van der Waals surface area contributed by atoms with Gasteiger partial charge in [0.05, 0.1) is 6.54 Å². The molecule has 0 fully saturated rings. The largest absolute Gasteiger partial charge is 0.323 e. The third kappa shape index (κ3) is 2.53. The van der Waals surface area contributed by atoms with Crippen molar-refractivity contribution in [2.24, 2.45) is 7.05 Å². The van der Waals surface area contributed by atoms with Crippen LogP contribution in [0, 0.1) is 3.57 Å². The zero-order valence-electron chi connectivity index (χ0n) is 10.4. The molecule has 5 nitrogen and oxygen atoms in total. The molecular weight excluding hydrogens is 353 g/mol.